The molecule has 2 amide bonds. The third-order valence-corrected chi connectivity index (χ3v) is 5.05. The minimum Gasteiger partial charge on any atom is -0.463 e. The molecule has 1 atom stereocenters. The maximum atomic E-state index is 13.3. The fourth-order valence-electron chi connectivity index (χ4n) is 2.91. The van der Waals surface area contributed by atoms with Gasteiger partial charge >= 0.3 is 12.0 Å². The van der Waals surface area contributed by atoms with Crippen LogP contribution in [0.5, 0.6) is 0 Å². The third-order valence-electron chi connectivity index (χ3n) is 4.19. The summed E-state index contributed by atoms with van der Waals surface area (Å²) < 4.78 is 18.5. The molecule has 5 nitrogen and oxygen atoms in total. The number of hydrogen-bond donors (Lipinski definition) is 1. The van der Waals surface area contributed by atoms with Crippen molar-refractivity contribution >= 4 is 23.3 Å². The van der Waals surface area contributed by atoms with Gasteiger partial charge in [0.1, 0.15) is 5.82 Å². The van der Waals surface area contributed by atoms with Crippen LogP contribution in [0.25, 0.3) is 0 Å². The summed E-state index contributed by atoms with van der Waals surface area (Å²) in [6.07, 6.45) is 0. The average molecular weight is 374 g/mol. The molecule has 0 spiro atoms. The molecule has 2 heterocycles. The highest BCUT2D eigenvalue weighted by Gasteiger charge is 2.36. The molecule has 0 unspecified atom stereocenters. The topological polar surface area (TPSA) is 58.6 Å². The zero-order valence-corrected chi connectivity index (χ0v) is 15.3. The third kappa shape index (κ3) is 3.62. The molecule has 1 aliphatic heterocycles. The zero-order chi connectivity index (χ0) is 18.7. The van der Waals surface area contributed by atoms with Gasteiger partial charge in [-0.1, -0.05) is 18.2 Å². The summed E-state index contributed by atoms with van der Waals surface area (Å²) in [4.78, 5) is 27.8. The van der Waals surface area contributed by atoms with Gasteiger partial charge in [-0.15, -0.1) is 11.3 Å². The first-order chi connectivity index (χ1) is 12.5. The van der Waals surface area contributed by atoms with Crippen LogP contribution >= 0.6 is 11.3 Å². The molecule has 1 N–H and O–H groups in total. The molecule has 0 bridgehead atoms. The number of nitrogens with zero attached hydrogens (tertiary/aromatic N) is 1. The van der Waals surface area contributed by atoms with Crippen LogP contribution in [0.1, 0.15) is 30.3 Å². The molecule has 3 rings (SSSR count). The van der Waals surface area contributed by atoms with Gasteiger partial charge in [0.05, 0.1) is 24.8 Å². The molecule has 7 heteroatoms. The number of carbonyl (C=O) groups is 2. The van der Waals surface area contributed by atoms with Crippen LogP contribution in [0.15, 0.2) is 53.0 Å². The summed E-state index contributed by atoms with van der Waals surface area (Å²) >= 11 is 1.54. The Morgan fingerprint density at radius 2 is 2.04 bits per heavy atom. The van der Waals surface area contributed by atoms with Crippen LogP contribution in [0, 0.1) is 5.82 Å². The summed E-state index contributed by atoms with van der Waals surface area (Å²) in [6, 6.07) is 8.58. The number of thiophene rings is 1. The van der Waals surface area contributed by atoms with Gasteiger partial charge in [0, 0.05) is 10.6 Å². The van der Waals surface area contributed by atoms with Gasteiger partial charge in [-0.2, -0.15) is 0 Å². The minimum atomic E-state index is -0.679. The lowest BCUT2D eigenvalue weighted by atomic mass is 9.95. The van der Waals surface area contributed by atoms with Crippen molar-refractivity contribution in [1.29, 1.82) is 0 Å². The van der Waals surface area contributed by atoms with Gasteiger partial charge in [-0.3, -0.25) is 4.90 Å². The van der Waals surface area contributed by atoms with Crippen LogP contribution < -0.4 is 5.32 Å². The molecule has 0 fully saturated rings. The van der Waals surface area contributed by atoms with E-state index in [1.807, 2.05) is 17.5 Å². The second kappa shape index (κ2) is 7.70. The molecule has 0 aliphatic carbocycles. The quantitative estimate of drug-likeness (QED) is 0.805. The van der Waals surface area contributed by atoms with E-state index >= 15 is 0 Å². The lowest BCUT2D eigenvalue weighted by molar-refractivity contribution is -0.139. The van der Waals surface area contributed by atoms with Crippen LogP contribution in [0.2, 0.25) is 0 Å². The highest BCUT2D eigenvalue weighted by Crippen LogP contribution is 2.32. The summed E-state index contributed by atoms with van der Waals surface area (Å²) in [5.41, 5.74) is 1.52. The van der Waals surface area contributed by atoms with E-state index in [1.165, 1.54) is 28.4 Å². The molecular weight excluding hydrogens is 355 g/mol. The second-order valence-electron chi connectivity index (χ2n) is 5.82. The standard InChI is InChI=1S/C19H19FN2O3S/c1-3-25-18(23)16-12(2)22(11-15-5-4-10-26-15)19(24)21-17(16)13-6-8-14(20)9-7-13/h4-10,17H,3,11H2,1-2H3,(H,21,24)/t17-/m1/s1. The van der Waals surface area contributed by atoms with Gasteiger partial charge in [-0.25, -0.2) is 14.0 Å². The largest absolute Gasteiger partial charge is 0.463 e. The molecule has 1 aromatic carbocycles. The van der Waals surface area contributed by atoms with E-state index in [-0.39, 0.29) is 18.5 Å². The van der Waals surface area contributed by atoms with Crippen LogP contribution in [0.3, 0.4) is 0 Å². The number of benzene rings is 1. The summed E-state index contributed by atoms with van der Waals surface area (Å²) in [5, 5.41) is 4.78. The Bertz CT molecular complexity index is 831. The highest BCUT2D eigenvalue weighted by molar-refractivity contribution is 7.09. The predicted molar refractivity (Wildman–Crippen MR) is 96.9 cm³/mol. The van der Waals surface area contributed by atoms with E-state index in [0.717, 1.165) is 4.88 Å². The number of ether oxygens (including phenoxy) is 1. The molecule has 0 radical (unpaired) electrons. The lowest BCUT2D eigenvalue weighted by Gasteiger charge is -2.35. The maximum absolute atomic E-state index is 13.3. The number of esters is 1. The Morgan fingerprint density at radius 3 is 2.65 bits per heavy atom. The SMILES string of the molecule is CCOC(=O)C1=C(C)N(Cc2cccs2)C(=O)N[C@@H]1c1ccc(F)cc1. The molecular formula is C19H19FN2O3S. The lowest BCUT2D eigenvalue weighted by Crippen LogP contribution is -2.47. The van der Waals surface area contributed by atoms with E-state index in [2.05, 4.69) is 5.32 Å². The molecule has 26 heavy (non-hydrogen) atoms. The van der Waals surface area contributed by atoms with E-state index in [0.29, 0.717) is 23.4 Å². The van der Waals surface area contributed by atoms with Crippen LogP contribution in [-0.4, -0.2) is 23.5 Å². The number of hydrogen-bond acceptors (Lipinski definition) is 4. The van der Waals surface area contributed by atoms with Gasteiger partial charge < -0.3 is 10.1 Å². The van der Waals surface area contributed by atoms with Crippen LogP contribution in [0.4, 0.5) is 9.18 Å². The van der Waals surface area contributed by atoms with Crippen molar-refractivity contribution in [3.63, 3.8) is 0 Å². The van der Waals surface area contributed by atoms with Crippen molar-refractivity contribution in [2.75, 3.05) is 6.61 Å². The average Bonchev–Trinajstić information content (AvgIpc) is 3.12. The Hall–Kier alpha value is -2.67. The monoisotopic (exact) mass is 374 g/mol. The Balaban J connectivity index is 2.02. The fourth-order valence-corrected chi connectivity index (χ4v) is 3.60. The normalized spacial score (nSPS) is 17.3. The Labute approximate surface area is 155 Å². The van der Waals surface area contributed by atoms with Crippen molar-refractivity contribution in [3.8, 4) is 0 Å². The first-order valence-electron chi connectivity index (χ1n) is 8.25. The molecule has 2 aromatic rings. The molecule has 0 saturated carbocycles. The van der Waals surface area contributed by atoms with Gasteiger partial charge in [-0.05, 0) is 43.0 Å². The first-order valence-corrected chi connectivity index (χ1v) is 9.13. The first kappa shape index (κ1) is 18.1. The Morgan fingerprint density at radius 1 is 1.31 bits per heavy atom. The Kier molecular flexibility index (Phi) is 5.37. The highest BCUT2D eigenvalue weighted by atomic mass is 32.1. The predicted octanol–water partition coefficient (Wildman–Crippen LogP) is 3.99. The van der Waals surface area contributed by atoms with E-state index in [1.54, 1.807) is 26.0 Å². The summed E-state index contributed by atoms with van der Waals surface area (Å²) in [6.45, 7) is 4.06. The van der Waals surface area contributed by atoms with Gasteiger partial charge in [0.15, 0.2) is 0 Å². The van der Waals surface area contributed by atoms with Crippen LogP contribution in [-0.2, 0) is 16.1 Å². The van der Waals surface area contributed by atoms with Crippen molar-refractivity contribution in [3.05, 3.63) is 69.3 Å². The van der Waals surface area contributed by atoms with Gasteiger partial charge in [0.2, 0.25) is 0 Å². The number of rotatable bonds is 5. The minimum absolute atomic E-state index is 0.227. The fraction of sp³-hybridized carbons (Fsp3) is 0.263. The van der Waals surface area contributed by atoms with Crippen molar-refractivity contribution < 1.29 is 18.7 Å². The van der Waals surface area contributed by atoms with E-state index in [4.69, 9.17) is 4.74 Å². The van der Waals surface area contributed by atoms with Crippen molar-refractivity contribution in [2.45, 2.75) is 26.4 Å². The number of amides is 2. The molecule has 136 valence electrons. The van der Waals surface area contributed by atoms with Crippen molar-refractivity contribution in [2.24, 2.45) is 0 Å². The summed E-state index contributed by atoms with van der Waals surface area (Å²) in [7, 11) is 0. The molecule has 0 saturated heterocycles. The maximum Gasteiger partial charge on any atom is 0.338 e. The number of nitrogens with one attached hydrogen (secondary N) is 1. The molecule has 1 aromatic heterocycles. The zero-order valence-electron chi connectivity index (χ0n) is 14.5. The summed E-state index contributed by atoms with van der Waals surface area (Å²) in [5.74, 6) is -0.871. The molecule has 1 aliphatic rings. The number of urea groups is 1. The smallest absolute Gasteiger partial charge is 0.338 e. The van der Waals surface area contributed by atoms with E-state index < -0.39 is 12.0 Å². The van der Waals surface area contributed by atoms with E-state index in [9.17, 15) is 14.0 Å². The second-order valence-corrected chi connectivity index (χ2v) is 6.85. The number of carbonyl (C=O) groups excluding carboxylic acids is 2. The van der Waals surface area contributed by atoms with Gasteiger partial charge in [0.25, 0.3) is 0 Å². The number of allylic oxidation sites excluding steroid dienone is 1. The van der Waals surface area contributed by atoms with Crippen molar-refractivity contribution in [1.82, 2.24) is 10.2 Å². The number of halogens is 1.